The van der Waals surface area contributed by atoms with Gasteiger partial charge in [-0.1, -0.05) is 66.7 Å². The summed E-state index contributed by atoms with van der Waals surface area (Å²) in [5.41, 5.74) is 3.42. The molecule has 3 aromatic rings. The van der Waals surface area contributed by atoms with E-state index in [0.29, 0.717) is 5.11 Å². The molecular weight excluding hydrogens is 326 g/mol. The van der Waals surface area contributed by atoms with Gasteiger partial charge in [0.15, 0.2) is 5.11 Å². The molecule has 0 radical (unpaired) electrons. The summed E-state index contributed by atoms with van der Waals surface area (Å²) in [5.74, 6) is 0. The monoisotopic (exact) mass is 347 g/mol. The predicted molar refractivity (Wildman–Crippen MR) is 106 cm³/mol. The molecule has 4 heteroatoms. The molecule has 0 aliphatic rings. The van der Waals surface area contributed by atoms with Gasteiger partial charge in [0.05, 0.1) is 6.04 Å². The third kappa shape index (κ3) is 5.13. The molecule has 0 saturated heterocycles. The Balaban J connectivity index is 1.63. The summed E-state index contributed by atoms with van der Waals surface area (Å²) in [5, 5.41) is 7.36. The number of hydrogen-bond donors (Lipinski definition) is 2. The molecule has 1 heterocycles. The summed E-state index contributed by atoms with van der Waals surface area (Å²) in [7, 11) is 0. The predicted octanol–water partition coefficient (Wildman–Crippen LogP) is 3.88. The van der Waals surface area contributed by atoms with E-state index >= 15 is 0 Å². The van der Waals surface area contributed by atoms with E-state index in [2.05, 4.69) is 39.9 Å². The third-order valence-corrected chi connectivity index (χ3v) is 4.20. The van der Waals surface area contributed by atoms with Crippen LogP contribution in [0.3, 0.4) is 0 Å². The maximum absolute atomic E-state index is 5.50. The van der Waals surface area contributed by atoms with Gasteiger partial charge in [0, 0.05) is 24.9 Å². The van der Waals surface area contributed by atoms with Crippen molar-refractivity contribution in [2.24, 2.45) is 0 Å². The van der Waals surface area contributed by atoms with Gasteiger partial charge < -0.3 is 10.6 Å². The molecule has 0 amide bonds. The van der Waals surface area contributed by atoms with Crippen molar-refractivity contribution < 1.29 is 0 Å². The minimum atomic E-state index is 0.0252. The Labute approximate surface area is 154 Å². The second-order valence-corrected chi connectivity index (χ2v) is 6.13. The summed E-state index contributed by atoms with van der Waals surface area (Å²) in [6, 6.07) is 26.7. The van der Waals surface area contributed by atoms with Crippen LogP contribution in [0, 0.1) is 0 Å². The van der Waals surface area contributed by atoms with Crippen LogP contribution in [0.4, 0.5) is 0 Å². The standard InChI is InChI=1S/C21H21N3S/c25-21(23-16-14-19-13-7-8-15-22-19)24-20(17-9-3-1-4-10-17)18-11-5-2-6-12-18/h1-13,15,20H,14,16H2,(H2,23,24,25). The first-order valence-corrected chi connectivity index (χ1v) is 8.78. The molecule has 0 unspecified atom stereocenters. The summed E-state index contributed by atoms with van der Waals surface area (Å²) in [6.07, 6.45) is 2.65. The van der Waals surface area contributed by atoms with Crippen LogP contribution in [0.2, 0.25) is 0 Å². The van der Waals surface area contributed by atoms with Crippen LogP contribution in [0.25, 0.3) is 0 Å². The Morgan fingerprint density at radius 3 is 2.00 bits per heavy atom. The zero-order chi connectivity index (χ0) is 17.3. The van der Waals surface area contributed by atoms with Gasteiger partial charge in [-0.15, -0.1) is 0 Å². The second kappa shape index (κ2) is 8.94. The molecule has 0 fully saturated rings. The SMILES string of the molecule is S=C(NCCc1ccccn1)NC(c1ccccc1)c1ccccc1. The fourth-order valence-corrected chi connectivity index (χ4v) is 2.90. The van der Waals surface area contributed by atoms with Gasteiger partial charge in [0.1, 0.15) is 0 Å². The van der Waals surface area contributed by atoms with Crippen molar-refractivity contribution in [2.75, 3.05) is 6.54 Å². The molecular formula is C21H21N3S. The average Bonchev–Trinajstić information content (AvgIpc) is 2.68. The smallest absolute Gasteiger partial charge is 0.167 e. The molecule has 126 valence electrons. The molecule has 3 rings (SSSR count). The molecule has 0 aliphatic heterocycles. The minimum absolute atomic E-state index is 0.0252. The van der Waals surface area contributed by atoms with Gasteiger partial charge >= 0.3 is 0 Å². The van der Waals surface area contributed by atoms with E-state index < -0.39 is 0 Å². The molecule has 0 aliphatic carbocycles. The zero-order valence-electron chi connectivity index (χ0n) is 13.9. The summed E-state index contributed by atoms with van der Waals surface area (Å²) in [4.78, 5) is 4.33. The van der Waals surface area contributed by atoms with E-state index in [9.17, 15) is 0 Å². The van der Waals surface area contributed by atoms with Crippen LogP contribution >= 0.6 is 12.2 Å². The lowest BCUT2D eigenvalue weighted by atomic mass is 9.99. The molecule has 2 aromatic carbocycles. The minimum Gasteiger partial charge on any atom is -0.362 e. The summed E-state index contributed by atoms with van der Waals surface area (Å²) >= 11 is 5.50. The molecule has 25 heavy (non-hydrogen) atoms. The van der Waals surface area contributed by atoms with Gasteiger partial charge in [0.25, 0.3) is 0 Å². The molecule has 0 atom stereocenters. The number of pyridine rings is 1. The Morgan fingerprint density at radius 2 is 1.44 bits per heavy atom. The normalized spacial score (nSPS) is 10.4. The number of nitrogens with zero attached hydrogens (tertiary/aromatic N) is 1. The second-order valence-electron chi connectivity index (χ2n) is 5.73. The van der Waals surface area contributed by atoms with Gasteiger partial charge in [-0.25, -0.2) is 0 Å². The number of rotatable bonds is 6. The average molecular weight is 347 g/mol. The first-order chi connectivity index (χ1) is 12.3. The lowest BCUT2D eigenvalue weighted by molar-refractivity contribution is 0.730. The van der Waals surface area contributed by atoms with Crippen molar-refractivity contribution in [1.29, 1.82) is 0 Å². The van der Waals surface area contributed by atoms with E-state index in [4.69, 9.17) is 12.2 Å². The molecule has 1 aromatic heterocycles. The third-order valence-electron chi connectivity index (χ3n) is 3.93. The van der Waals surface area contributed by atoms with Crippen LogP contribution in [-0.2, 0) is 6.42 Å². The number of thiocarbonyl (C=S) groups is 1. The van der Waals surface area contributed by atoms with Crippen LogP contribution < -0.4 is 10.6 Å². The van der Waals surface area contributed by atoms with Crippen molar-refractivity contribution in [2.45, 2.75) is 12.5 Å². The van der Waals surface area contributed by atoms with Gasteiger partial charge in [-0.3, -0.25) is 4.98 Å². The van der Waals surface area contributed by atoms with E-state index in [0.717, 1.165) is 18.7 Å². The van der Waals surface area contributed by atoms with E-state index in [1.54, 1.807) is 0 Å². The number of hydrogen-bond acceptors (Lipinski definition) is 2. The lowest BCUT2D eigenvalue weighted by Gasteiger charge is -2.22. The van der Waals surface area contributed by atoms with Crippen LogP contribution in [0.1, 0.15) is 22.9 Å². The van der Waals surface area contributed by atoms with Gasteiger partial charge in [-0.2, -0.15) is 0 Å². The number of benzene rings is 2. The topological polar surface area (TPSA) is 37.0 Å². The highest BCUT2D eigenvalue weighted by Crippen LogP contribution is 2.21. The highest BCUT2D eigenvalue weighted by molar-refractivity contribution is 7.80. The Hall–Kier alpha value is -2.72. The van der Waals surface area contributed by atoms with Crippen molar-refractivity contribution in [3.8, 4) is 0 Å². The van der Waals surface area contributed by atoms with Crippen LogP contribution in [0.5, 0.6) is 0 Å². The first kappa shape index (κ1) is 17.1. The van der Waals surface area contributed by atoms with Crippen LogP contribution in [0.15, 0.2) is 85.1 Å². The molecule has 2 N–H and O–H groups in total. The quantitative estimate of drug-likeness (QED) is 0.664. The maximum atomic E-state index is 5.50. The lowest BCUT2D eigenvalue weighted by Crippen LogP contribution is -2.39. The summed E-state index contributed by atoms with van der Waals surface area (Å²) < 4.78 is 0. The number of nitrogens with one attached hydrogen (secondary N) is 2. The highest BCUT2D eigenvalue weighted by atomic mass is 32.1. The van der Waals surface area contributed by atoms with Crippen LogP contribution in [-0.4, -0.2) is 16.6 Å². The fraction of sp³-hybridized carbons (Fsp3) is 0.143. The largest absolute Gasteiger partial charge is 0.362 e. The molecule has 0 bridgehead atoms. The molecule has 0 spiro atoms. The Kier molecular flexibility index (Phi) is 6.12. The van der Waals surface area contributed by atoms with E-state index in [-0.39, 0.29) is 6.04 Å². The fourth-order valence-electron chi connectivity index (χ4n) is 2.68. The van der Waals surface area contributed by atoms with Crippen molar-refractivity contribution in [3.05, 3.63) is 102 Å². The van der Waals surface area contributed by atoms with Gasteiger partial charge in [-0.05, 0) is 35.5 Å². The van der Waals surface area contributed by atoms with Crippen molar-refractivity contribution in [3.63, 3.8) is 0 Å². The summed E-state index contributed by atoms with van der Waals surface area (Å²) in [6.45, 7) is 0.749. The highest BCUT2D eigenvalue weighted by Gasteiger charge is 2.14. The van der Waals surface area contributed by atoms with Gasteiger partial charge in [0.2, 0.25) is 0 Å². The van der Waals surface area contributed by atoms with Crippen molar-refractivity contribution in [1.82, 2.24) is 15.6 Å². The number of aromatic nitrogens is 1. The zero-order valence-corrected chi connectivity index (χ0v) is 14.7. The molecule has 0 saturated carbocycles. The van der Waals surface area contributed by atoms with Crippen molar-refractivity contribution >= 4 is 17.3 Å². The van der Waals surface area contributed by atoms with E-state index in [1.807, 2.05) is 60.8 Å². The maximum Gasteiger partial charge on any atom is 0.167 e. The molecule has 3 nitrogen and oxygen atoms in total. The Morgan fingerprint density at radius 1 is 0.840 bits per heavy atom. The first-order valence-electron chi connectivity index (χ1n) is 8.37. The Bertz CT molecular complexity index is 737. The van der Waals surface area contributed by atoms with E-state index in [1.165, 1.54) is 11.1 Å².